The van der Waals surface area contributed by atoms with Gasteiger partial charge in [0, 0.05) is 29.8 Å². The summed E-state index contributed by atoms with van der Waals surface area (Å²) in [6.45, 7) is 3.95. The molecule has 6 heteroatoms. The number of amides is 1. The Morgan fingerprint density at radius 2 is 2.28 bits per heavy atom. The maximum atomic E-state index is 12.6. The Hall–Kier alpha value is -2.60. The normalized spacial score (nSPS) is 17.2. The number of fused-ring (bicyclic) bond motifs is 1. The van der Waals surface area contributed by atoms with E-state index in [-0.39, 0.29) is 5.91 Å². The van der Waals surface area contributed by atoms with E-state index < -0.39 is 0 Å². The van der Waals surface area contributed by atoms with Crippen LogP contribution in [-0.4, -0.2) is 29.2 Å². The highest BCUT2D eigenvalue weighted by Crippen LogP contribution is 2.29. The van der Waals surface area contributed by atoms with Gasteiger partial charge in [-0.25, -0.2) is 0 Å². The first-order valence-corrected chi connectivity index (χ1v) is 8.79. The second kappa shape index (κ2) is 6.72. The van der Waals surface area contributed by atoms with Gasteiger partial charge in [0.2, 0.25) is 5.91 Å². The first kappa shape index (κ1) is 15.9. The highest BCUT2D eigenvalue weighted by Gasteiger charge is 2.23. The Kier molecular flexibility index (Phi) is 4.28. The third-order valence-electron chi connectivity index (χ3n) is 4.85. The molecule has 1 aliphatic heterocycles. The van der Waals surface area contributed by atoms with Crippen molar-refractivity contribution in [3.05, 3.63) is 47.5 Å². The first-order chi connectivity index (χ1) is 12.3. The van der Waals surface area contributed by atoms with Gasteiger partial charge in [0.25, 0.3) is 0 Å². The quantitative estimate of drug-likeness (QED) is 0.668. The van der Waals surface area contributed by atoms with Gasteiger partial charge < -0.3 is 15.1 Å². The van der Waals surface area contributed by atoms with Gasteiger partial charge in [-0.1, -0.05) is 25.1 Å². The molecule has 4 rings (SSSR count). The molecule has 1 fully saturated rings. The summed E-state index contributed by atoms with van der Waals surface area (Å²) in [6.07, 6.45) is 3.81. The monoisotopic (exact) mass is 338 g/mol. The fourth-order valence-electron chi connectivity index (χ4n) is 3.59. The van der Waals surface area contributed by atoms with E-state index in [4.69, 9.17) is 4.42 Å². The number of para-hydroxylation sites is 1. The van der Waals surface area contributed by atoms with Crippen LogP contribution < -0.4 is 10.6 Å². The van der Waals surface area contributed by atoms with Gasteiger partial charge in [0.15, 0.2) is 0 Å². The van der Waals surface area contributed by atoms with E-state index in [9.17, 15) is 4.79 Å². The number of furan rings is 1. The number of hydrogen-bond donors (Lipinski definition) is 3. The van der Waals surface area contributed by atoms with Crippen LogP contribution in [-0.2, 0) is 17.6 Å². The number of benzene rings is 1. The second-order valence-corrected chi connectivity index (χ2v) is 6.47. The minimum atomic E-state index is -0.0464. The van der Waals surface area contributed by atoms with Crippen LogP contribution in [0.25, 0.3) is 11.0 Å². The predicted octanol–water partition coefficient (Wildman–Crippen LogP) is 2.98. The van der Waals surface area contributed by atoms with E-state index in [1.54, 1.807) is 6.20 Å². The smallest absolute Gasteiger partial charge is 0.229 e. The van der Waals surface area contributed by atoms with E-state index in [1.807, 2.05) is 31.2 Å². The maximum absolute atomic E-state index is 12.6. The van der Waals surface area contributed by atoms with Crippen LogP contribution in [0, 0.1) is 0 Å². The summed E-state index contributed by atoms with van der Waals surface area (Å²) >= 11 is 0. The molecule has 0 spiro atoms. The lowest BCUT2D eigenvalue weighted by Gasteiger charge is -2.10. The zero-order chi connectivity index (χ0) is 17.2. The summed E-state index contributed by atoms with van der Waals surface area (Å²) in [7, 11) is 0. The van der Waals surface area contributed by atoms with Crippen LogP contribution >= 0.6 is 0 Å². The van der Waals surface area contributed by atoms with Crippen molar-refractivity contribution in [3.63, 3.8) is 0 Å². The highest BCUT2D eigenvalue weighted by molar-refractivity contribution is 5.96. The summed E-state index contributed by atoms with van der Waals surface area (Å²) in [5, 5.41) is 14.5. The van der Waals surface area contributed by atoms with Gasteiger partial charge in [0.1, 0.15) is 11.3 Å². The van der Waals surface area contributed by atoms with Crippen LogP contribution in [0.3, 0.4) is 0 Å². The van der Waals surface area contributed by atoms with Crippen molar-refractivity contribution in [2.45, 2.75) is 32.1 Å². The van der Waals surface area contributed by atoms with Gasteiger partial charge in [-0.15, -0.1) is 0 Å². The highest BCUT2D eigenvalue weighted by atomic mass is 16.3. The zero-order valence-corrected chi connectivity index (χ0v) is 14.3. The van der Waals surface area contributed by atoms with Gasteiger partial charge in [-0.05, 0) is 19.0 Å². The minimum absolute atomic E-state index is 0.0464. The fraction of sp³-hybridized carbons (Fsp3) is 0.368. The summed E-state index contributed by atoms with van der Waals surface area (Å²) in [5.74, 6) is 1.21. The Balaban J connectivity index is 1.54. The number of nitrogens with zero attached hydrogens (tertiary/aromatic N) is 1. The van der Waals surface area contributed by atoms with Crippen molar-refractivity contribution >= 4 is 22.6 Å². The molecule has 6 nitrogen and oxygen atoms in total. The molecule has 1 amide bonds. The van der Waals surface area contributed by atoms with E-state index in [2.05, 4.69) is 20.8 Å². The van der Waals surface area contributed by atoms with Gasteiger partial charge >= 0.3 is 0 Å². The molecule has 0 bridgehead atoms. The largest absolute Gasteiger partial charge is 0.461 e. The Morgan fingerprint density at radius 1 is 1.40 bits per heavy atom. The molecule has 3 N–H and O–H groups in total. The summed E-state index contributed by atoms with van der Waals surface area (Å²) in [6, 6.07) is 7.87. The number of aromatic amines is 1. The number of aryl methyl sites for hydroxylation is 1. The van der Waals surface area contributed by atoms with Gasteiger partial charge in [-0.3, -0.25) is 9.89 Å². The fourth-order valence-corrected chi connectivity index (χ4v) is 3.59. The molecular weight excluding hydrogens is 316 g/mol. The summed E-state index contributed by atoms with van der Waals surface area (Å²) < 4.78 is 5.88. The van der Waals surface area contributed by atoms with E-state index >= 15 is 0 Å². The molecule has 130 valence electrons. The molecule has 3 heterocycles. The van der Waals surface area contributed by atoms with Gasteiger partial charge in [-0.2, -0.15) is 5.10 Å². The number of H-pyrrole nitrogens is 1. The average molecular weight is 338 g/mol. The van der Waals surface area contributed by atoms with Crippen molar-refractivity contribution in [2.24, 2.45) is 0 Å². The van der Waals surface area contributed by atoms with E-state index in [1.165, 1.54) is 0 Å². The first-order valence-electron chi connectivity index (χ1n) is 8.79. The van der Waals surface area contributed by atoms with Gasteiger partial charge in [0.05, 0.1) is 24.0 Å². The molecule has 0 radical (unpaired) electrons. The lowest BCUT2D eigenvalue weighted by molar-refractivity contribution is -0.115. The van der Waals surface area contributed by atoms with E-state index in [0.29, 0.717) is 12.3 Å². The van der Waals surface area contributed by atoms with Crippen molar-refractivity contribution < 1.29 is 9.21 Å². The molecule has 0 saturated carbocycles. The maximum Gasteiger partial charge on any atom is 0.229 e. The Labute approximate surface area is 146 Å². The molecule has 1 saturated heterocycles. The molecule has 1 atom stereocenters. The van der Waals surface area contributed by atoms with Crippen molar-refractivity contribution in [1.82, 2.24) is 15.5 Å². The number of nitrogens with one attached hydrogen (secondary N) is 3. The zero-order valence-electron chi connectivity index (χ0n) is 14.3. The van der Waals surface area contributed by atoms with Crippen LogP contribution in [0.5, 0.6) is 0 Å². The molecule has 0 aliphatic carbocycles. The third kappa shape index (κ3) is 3.05. The molecule has 1 unspecified atom stereocenters. The number of carbonyl (C=O) groups is 1. The molecule has 25 heavy (non-hydrogen) atoms. The predicted molar refractivity (Wildman–Crippen MR) is 96.7 cm³/mol. The Morgan fingerprint density at radius 3 is 3.08 bits per heavy atom. The van der Waals surface area contributed by atoms with Crippen molar-refractivity contribution in [3.8, 4) is 0 Å². The number of rotatable bonds is 5. The van der Waals surface area contributed by atoms with Crippen LogP contribution in [0.4, 0.5) is 5.69 Å². The number of aromatic nitrogens is 2. The van der Waals surface area contributed by atoms with Crippen molar-refractivity contribution in [2.75, 3.05) is 18.4 Å². The summed E-state index contributed by atoms with van der Waals surface area (Å²) in [4.78, 5) is 12.6. The molecular formula is C19H22N4O2. The topological polar surface area (TPSA) is 83.0 Å². The Bertz CT molecular complexity index is 890. The van der Waals surface area contributed by atoms with Crippen molar-refractivity contribution in [1.29, 1.82) is 0 Å². The lowest BCUT2D eigenvalue weighted by atomic mass is 10.0. The standard InChI is InChI=1S/C19H22N4O2/c1-2-16-14(13-5-3-4-6-17(13)25-16)9-18(24)22-15-11-21-23-19(15)12-7-8-20-10-12/h3-6,11-12,20H,2,7-10H2,1H3,(H,21,23)(H,22,24). The van der Waals surface area contributed by atoms with Crippen LogP contribution in [0.2, 0.25) is 0 Å². The number of anilines is 1. The third-order valence-corrected chi connectivity index (χ3v) is 4.85. The minimum Gasteiger partial charge on any atom is -0.461 e. The molecule has 1 aliphatic rings. The average Bonchev–Trinajstić information content (AvgIpc) is 3.34. The number of hydrogen-bond acceptors (Lipinski definition) is 4. The lowest BCUT2D eigenvalue weighted by Crippen LogP contribution is -2.17. The second-order valence-electron chi connectivity index (χ2n) is 6.47. The SMILES string of the molecule is CCc1oc2ccccc2c1CC(=O)Nc1cn[nH]c1C1CCNC1. The number of carbonyl (C=O) groups excluding carboxylic acids is 1. The summed E-state index contributed by atoms with van der Waals surface area (Å²) in [5.41, 5.74) is 3.60. The van der Waals surface area contributed by atoms with Crippen LogP contribution in [0.15, 0.2) is 34.9 Å². The molecule has 1 aromatic carbocycles. The molecule has 2 aromatic heterocycles. The van der Waals surface area contributed by atoms with Crippen LogP contribution in [0.1, 0.15) is 36.3 Å². The van der Waals surface area contributed by atoms with E-state index in [0.717, 1.165) is 59.6 Å². The molecule has 3 aromatic rings.